The van der Waals surface area contributed by atoms with Crippen molar-refractivity contribution < 1.29 is 9.21 Å². The molecule has 1 amide bonds. The number of likely N-dealkylation sites (tertiary alicyclic amines) is 1. The molecule has 0 spiro atoms. The van der Waals surface area contributed by atoms with Crippen LogP contribution in [0.15, 0.2) is 63.9 Å². The first kappa shape index (κ1) is 17.3. The predicted octanol–water partition coefficient (Wildman–Crippen LogP) is 3.32. The van der Waals surface area contributed by atoms with Crippen LogP contribution in [0.3, 0.4) is 0 Å². The Morgan fingerprint density at radius 2 is 2.00 bits per heavy atom. The summed E-state index contributed by atoms with van der Waals surface area (Å²) in [4.78, 5) is 33.3. The molecule has 1 aromatic carbocycles. The van der Waals surface area contributed by atoms with Gasteiger partial charge in [0, 0.05) is 19.0 Å². The van der Waals surface area contributed by atoms with Gasteiger partial charge in [0.15, 0.2) is 0 Å². The third kappa shape index (κ3) is 3.84. The lowest BCUT2D eigenvalue weighted by molar-refractivity contribution is 0.0563. The Bertz CT molecular complexity index is 977. The number of carbonyl (C=O) groups excluding carboxylic acids is 1. The van der Waals surface area contributed by atoms with Crippen molar-refractivity contribution >= 4 is 5.91 Å². The van der Waals surface area contributed by atoms with Crippen molar-refractivity contribution in [2.45, 2.75) is 31.7 Å². The number of carbonyl (C=O) groups is 1. The van der Waals surface area contributed by atoms with E-state index < -0.39 is 0 Å². The molecule has 4 rings (SSSR count). The Kier molecular flexibility index (Phi) is 4.87. The van der Waals surface area contributed by atoms with Crippen molar-refractivity contribution in [3.05, 3.63) is 88.0 Å². The second kappa shape index (κ2) is 7.61. The lowest BCUT2D eigenvalue weighted by atomic mass is 10.0. The van der Waals surface area contributed by atoms with Gasteiger partial charge in [-0.25, -0.2) is 4.98 Å². The van der Waals surface area contributed by atoms with Crippen LogP contribution in [0, 0.1) is 0 Å². The molecule has 1 fully saturated rings. The minimum absolute atomic E-state index is 0.194. The minimum atomic E-state index is -0.282. The summed E-state index contributed by atoms with van der Waals surface area (Å²) in [5, 5.41) is 0. The van der Waals surface area contributed by atoms with Crippen LogP contribution in [0.5, 0.6) is 0 Å². The minimum Gasteiger partial charge on any atom is -0.443 e. The van der Waals surface area contributed by atoms with Gasteiger partial charge >= 0.3 is 0 Å². The first-order chi connectivity index (χ1) is 13.2. The van der Waals surface area contributed by atoms with E-state index in [0.717, 1.165) is 30.6 Å². The topological polar surface area (TPSA) is 79.2 Å². The van der Waals surface area contributed by atoms with Crippen LogP contribution in [0.1, 0.15) is 53.0 Å². The molecule has 27 heavy (non-hydrogen) atoms. The standard InChI is InChI=1S/C21H21N3O3/c25-19-11-6-9-17(23-19)21(26)24-12-5-4-10-18(24)20-22-14-16(27-20)13-15-7-2-1-3-8-15/h1-3,6-9,11,14,18H,4-5,10,12-13H2,(H,23,25)/t18-/m0/s1. The number of nitrogens with one attached hydrogen (secondary N) is 1. The fraction of sp³-hybridized carbons (Fsp3) is 0.286. The Morgan fingerprint density at radius 3 is 2.81 bits per heavy atom. The molecule has 1 atom stereocenters. The number of amides is 1. The highest BCUT2D eigenvalue weighted by molar-refractivity contribution is 5.92. The van der Waals surface area contributed by atoms with Gasteiger partial charge in [0.1, 0.15) is 17.5 Å². The summed E-state index contributed by atoms with van der Waals surface area (Å²) < 4.78 is 5.99. The molecule has 1 saturated heterocycles. The third-order valence-electron chi connectivity index (χ3n) is 4.84. The zero-order chi connectivity index (χ0) is 18.6. The van der Waals surface area contributed by atoms with Gasteiger partial charge in [0.2, 0.25) is 11.4 Å². The van der Waals surface area contributed by atoms with E-state index in [2.05, 4.69) is 9.97 Å². The first-order valence-corrected chi connectivity index (χ1v) is 9.19. The largest absolute Gasteiger partial charge is 0.443 e. The van der Waals surface area contributed by atoms with E-state index in [-0.39, 0.29) is 17.5 Å². The molecule has 6 heteroatoms. The van der Waals surface area contributed by atoms with Crippen molar-refractivity contribution in [1.82, 2.24) is 14.9 Å². The van der Waals surface area contributed by atoms with Crippen molar-refractivity contribution in [3.8, 4) is 0 Å². The number of aromatic amines is 1. The maximum atomic E-state index is 12.9. The van der Waals surface area contributed by atoms with Crippen LogP contribution in [-0.4, -0.2) is 27.3 Å². The molecule has 0 bridgehead atoms. The smallest absolute Gasteiger partial charge is 0.271 e. The summed E-state index contributed by atoms with van der Waals surface area (Å²) in [5.74, 6) is 1.15. The van der Waals surface area contributed by atoms with Crippen LogP contribution in [0.2, 0.25) is 0 Å². The van der Waals surface area contributed by atoms with Gasteiger partial charge in [-0.15, -0.1) is 0 Å². The van der Waals surface area contributed by atoms with Crippen molar-refractivity contribution in [1.29, 1.82) is 0 Å². The Morgan fingerprint density at radius 1 is 1.15 bits per heavy atom. The van der Waals surface area contributed by atoms with E-state index in [4.69, 9.17) is 4.42 Å². The number of hydrogen-bond donors (Lipinski definition) is 1. The highest BCUT2D eigenvalue weighted by atomic mass is 16.4. The SMILES string of the molecule is O=C(c1cccc(=O)[nH]1)N1CCCC[C@H]1c1ncc(Cc2ccccc2)o1. The number of piperidine rings is 1. The van der Waals surface area contributed by atoms with E-state index in [9.17, 15) is 9.59 Å². The van der Waals surface area contributed by atoms with Gasteiger partial charge in [-0.3, -0.25) is 9.59 Å². The summed E-state index contributed by atoms with van der Waals surface area (Å²) in [7, 11) is 0. The second-order valence-electron chi connectivity index (χ2n) is 6.77. The van der Waals surface area contributed by atoms with E-state index in [0.29, 0.717) is 24.6 Å². The Labute approximate surface area is 156 Å². The van der Waals surface area contributed by atoms with Crippen LogP contribution in [0.4, 0.5) is 0 Å². The zero-order valence-corrected chi connectivity index (χ0v) is 14.9. The highest BCUT2D eigenvalue weighted by Gasteiger charge is 2.32. The number of benzene rings is 1. The molecule has 2 aromatic heterocycles. The summed E-state index contributed by atoms with van der Waals surface area (Å²) in [6.07, 6.45) is 5.14. The number of nitrogens with zero attached hydrogens (tertiary/aromatic N) is 2. The monoisotopic (exact) mass is 363 g/mol. The zero-order valence-electron chi connectivity index (χ0n) is 14.9. The number of H-pyrrole nitrogens is 1. The number of oxazole rings is 1. The molecule has 1 aliphatic heterocycles. The molecule has 138 valence electrons. The highest BCUT2D eigenvalue weighted by Crippen LogP contribution is 2.31. The molecule has 0 aliphatic carbocycles. The average molecular weight is 363 g/mol. The Balaban J connectivity index is 1.56. The Hall–Kier alpha value is -3.15. The molecule has 6 nitrogen and oxygen atoms in total. The van der Waals surface area contributed by atoms with E-state index in [1.165, 1.54) is 6.07 Å². The average Bonchev–Trinajstić information content (AvgIpc) is 3.16. The number of hydrogen-bond acceptors (Lipinski definition) is 4. The van der Waals surface area contributed by atoms with Crippen molar-refractivity contribution in [2.75, 3.05) is 6.54 Å². The van der Waals surface area contributed by atoms with Gasteiger partial charge in [-0.05, 0) is 30.9 Å². The van der Waals surface area contributed by atoms with Crippen LogP contribution >= 0.6 is 0 Å². The number of aromatic nitrogens is 2. The third-order valence-corrected chi connectivity index (χ3v) is 4.84. The summed E-state index contributed by atoms with van der Waals surface area (Å²) in [6, 6.07) is 14.5. The molecule has 1 aliphatic rings. The van der Waals surface area contributed by atoms with E-state index >= 15 is 0 Å². The summed E-state index contributed by atoms with van der Waals surface area (Å²) in [6.45, 7) is 0.622. The number of pyridine rings is 1. The first-order valence-electron chi connectivity index (χ1n) is 9.19. The van der Waals surface area contributed by atoms with E-state index in [1.807, 2.05) is 30.3 Å². The molecular weight excluding hydrogens is 342 g/mol. The normalized spacial score (nSPS) is 17.0. The maximum Gasteiger partial charge on any atom is 0.271 e. The molecule has 0 unspecified atom stereocenters. The van der Waals surface area contributed by atoms with Gasteiger partial charge < -0.3 is 14.3 Å². The van der Waals surface area contributed by atoms with Crippen LogP contribution < -0.4 is 5.56 Å². The lowest BCUT2D eigenvalue weighted by Gasteiger charge is -2.33. The quantitative estimate of drug-likeness (QED) is 0.771. The summed E-state index contributed by atoms with van der Waals surface area (Å²) in [5.41, 5.74) is 1.17. The number of rotatable bonds is 4. The molecule has 1 N–H and O–H groups in total. The van der Waals surface area contributed by atoms with Gasteiger partial charge in [-0.1, -0.05) is 36.4 Å². The second-order valence-corrected chi connectivity index (χ2v) is 6.77. The van der Waals surface area contributed by atoms with Crippen LogP contribution in [-0.2, 0) is 6.42 Å². The molecule has 0 saturated carbocycles. The fourth-order valence-electron chi connectivity index (χ4n) is 3.51. The molecule has 0 radical (unpaired) electrons. The fourth-order valence-corrected chi connectivity index (χ4v) is 3.51. The maximum absolute atomic E-state index is 12.9. The molecule has 3 heterocycles. The summed E-state index contributed by atoms with van der Waals surface area (Å²) >= 11 is 0. The van der Waals surface area contributed by atoms with Crippen molar-refractivity contribution in [3.63, 3.8) is 0 Å². The predicted molar refractivity (Wildman–Crippen MR) is 100 cm³/mol. The lowest BCUT2D eigenvalue weighted by Crippen LogP contribution is -2.39. The van der Waals surface area contributed by atoms with Crippen LogP contribution in [0.25, 0.3) is 0 Å². The van der Waals surface area contributed by atoms with E-state index in [1.54, 1.807) is 23.2 Å². The van der Waals surface area contributed by atoms with Gasteiger partial charge in [0.25, 0.3) is 5.91 Å². The van der Waals surface area contributed by atoms with Gasteiger partial charge in [0.05, 0.1) is 6.20 Å². The van der Waals surface area contributed by atoms with Crippen molar-refractivity contribution in [2.24, 2.45) is 0 Å². The molecule has 3 aromatic rings. The molecular formula is C21H21N3O3. The van der Waals surface area contributed by atoms with Gasteiger partial charge in [-0.2, -0.15) is 0 Å².